The molecule has 0 saturated heterocycles. The molecule has 0 bridgehead atoms. The maximum absolute atomic E-state index is 11.4. The Labute approximate surface area is 122 Å². The van der Waals surface area contributed by atoms with Crippen molar-refractivity contribution >= 4 is 17.2 Å². The van der Waals surface area contributed by atoms with Crippen LogP contribution in [0.1, 0.15) is 25.7 Å². The van der Waals surface area contributed by atoms with Gasteiger partial charge < -0.3 is 0 Å². The quantitative estimate of drug-likeness (QED) is 0.515. The highest BCUT2D eigenvalue weighted by atomic mass is 32.1. The molecule has 0 atom stereocenters. The largest absolute Gasteiger partial charge is 0.294 e. The van der Waals surface area contributed by atoms with Gasteiger partial charge in [-0.3, -0.25) is 15.1 Å². The summed E-state index contributed by atoms with van der Waals surface area (Å²) in [6.45, 7) is 2.93. The standard InChI is InChI=1S/C15H17N3OS/c16-17-15(19)14-6-5-13(20-14)10-18-8-7-11-3-1-2-4-12(11)9-18/h1-6H,7-10,16H2,(H,17,19). The molecule has 2 heterocycles. The van der Waals surface area contributed by atoms with E-state index in [-0.39, 0.29) is 5.91 Å². The Morgan fingerprint density at radius 2 is 2.05 bits per heavy atom. The minimum absolute atomic E-state index is 0.217. The van der Waals surface area contributed by atoms with Gasteiger partial charge in [0.2, 0.25) is 0 Å². The minimum Gasteiger partial charge on any atom is -0.294 e. The third kappa shape index (κ3) is 2.75. The van der Waals surface area contributed by atoms with E-state index in [1.807, 2.05) is 12.1 Å². The summed E-state index contributed by atoms with van der Waals surface area (Å²) < 4.78 is 0. The molecule has 0 radical (unpaired) electrons. The highest BCUT2D eigenvalue weighted by molar-refractivity contribution is 7.14. The van der Waals surface area contributed by atoms with Gasteiger partial charge in [0.1, 0.15) is 0 Å². The fourth-order valence-electron chi connectivity index (χ4n) is 2.57. The van der Waals surface area contributed by atoms with E-state index in [4.69, 9.17) is 5.84 Å². The zero-order valence-electron chi connectivity index (χ0n) is 11.1. The molecule has 1 aliphatic heterocycles. The van der Waals surface area contributed by atoms with Gasteiger partial charge in [-0.05, 0) is 29.7 Å². The van der Waals surface area contributed by atoms with Crippen molar-refractivity contribution in [1.82, 2.24) is 10.3 Å². The van der Waals surface area contributed by atoms with Crippen LogP contribution < -0.4 is 11.3 Å². The van der Waals surface area contributed by atoms with Gasteiger partial charge in [-0.15, -0.1) is 11.3 Å². The molecule has 3 N–H and O–H groups in total. The normalized spacial score (nSPS) is 14.8. The predicted octanol–water partition coefficient (Wildman–Crippen LogP) is 1.91. The Morgan fingerprint density at radius 3 is 2.85 bits per heavy atom. The van der Waals surface area contributed by atoms with Crippen molar-refractivity contribution in [3.63, 3.8) is 0 Å². The third-order valence-electron chi connectivity index (χ3n) is 3.61. The molecule has 3 rings (SSSR count). The average Bonchev–Trinajstić information content (AvgIpc) is 2.95. The van der Waals surface area contributed by atoms with Crippen molar-refractivity contribution < 1.29 is 4.79 Å². The summed E-state index contributed by atoms with van der Waals surface area (Å²) in [7, 11) is 0. The zero-order chi connectivity index (χ0) is 13.9. The van der Waals surface area contributed by atoms with Crippen LogP contribution >= 0.6 is 11.3 Å². The number of fused-ring (bicyclic) bond motifs is 1. The van der Waals surface area contributed by atoms with Crippen molar-refractivity contribution in [3.8, 4) is 0 Å². The number of benzene rings is 1. The van der Waals surface area contributed by atoms with Crippen molar-refractivity contribution in [3.05, 3.63) is 57.3 Å². The van der Waals surface area contributed by atoms with Crippen LogP contribution in [0.2, 0.25) is 0 Å². The molecule has 1 aliphatic rings. The SMILES string of the molecule is NNC(=O)c1ccc(CN2CCc3ccccc3C2)s1. The molecule has 5 heteroatoms. The van der Waals surface area contributed by atoms with Crippen molar-refractivity contribution in [1.29, 1.82) is 0 Å². The highest BCUT2D eigenvalue weighted by Gasteiger charge is 2.17. The van der Waals surface area contributed by atoms with Gasteiger partial charge in [0, 0.05) is 24.5 Å². The lowest BCUT2D eigenvalue weighted by molar-refractivity contribution is 0.0957. The summed E-state index contributed by atoms with van der Waals surface area (Å²) in [5.74, 6) is 4.93. The van der Waals surface area contributed by atoms with Crippen LogP contribution in [-0.2, 0) is 19.5 Å². The van der Waals surface area contributed by atoms with Gasteiger partial charge in [-0.1, -0.05) is 24.3 Å². The summed E-state index contributed by atoms with van der Waals surface area (Å²) in [4.78, 5) is 15.7. The lowest BCUT2D eigenvalue weighted by Gasteiger charge is -2.28. The second-order valence-electron chi connectivity index (χ2n) is 4.97. The van der Waals surface area contributed by atoms with Gasteiger partial charge in [-0.25, -0.2) is 5.84 Å². The zero-order valence-corrected chi connectivity index (χ0v) is 12.0. The van der Waals surface area contributed by atoms with E-state index in [0.29, 0.717) is 4.88 Å². The minimum atomic E-state index is -0.217. The summed E-state index contributed by atoms with van der Waals surface area (Å²) in [6, 6.07) is 12.4. The third-order valence-corrected chi connectivity index (χ3v) is 4.67. The summed E-state index contributed by atoms with van der Waals surface area (Å²) in [5.41, 5.74) is 5.04. The second kappa shape index (κ2) is 5.75. The molecule has 1 aromatic heterocycles. The number of nitrogens with two attached hydrogens (primary N) is 1. The first kappa shape index (κ1) is 13.3. The molecule has 0 spiro atoms. The number of thiophene rings is 1. The van der Waals surface area contributed by atoms with Gasteiger partial charge >= 0.3 is 0 Å². The van der Waals surface area contributed by atoms with Crippen LogP contribution in [0.5, 0.6) is 0 Å². The molecular weight excluding hydrogens is 270 g/mol. The Balaban J connectivity index is 1.68. The van der Waals surface area contributed by atoms with E-state index in [1.54, 1.807) is 0 Å². The van der Waals surface area contributed by atoms with E-state index < -0.39 is 0 Å². The van der Waals surface area contributed by atoms with Gasteiger partial charge in [0.05, 0.1) is 4.88 Å². The number of amides is 1. The number of carbonyl (C=O) groups excluding carboxylic acids is 1. The number of nitrogens with zero attached hydrogens (tertiary/aromatic N) is 1. The number of hydrogen-bond donors (Lipinski definition) is 2. The van der Waals surface area contributed by atoms with Crippen LogP contribution in [-0.4, -0.2) is 17.4 Å². The summed E-state index contributed by atoms with van der Waals surface area (Å²) in [6.07, 6.45) is 1.09. The van der Waals surface area contributed by atoms with Crippen LogP contribution in [0.4, 0.5) is 0 Å². The number of hydrazine groups is 1. The van der Waals surface area contributed by atoms with Crippen molar-refractivity contribution in [2.45, 2.75) is 19.5 Å². The molecule has 20 heavy (non-hydrogen) atoms. The molecule has 0 unspecified atom stereocenters. The lowest BCUT2D eigenvalue weighted by atomic mass is 10.00. The summed E-state index contributed by atoms with van der Waals surface area (Å²) >= 11 is 1.51. The van der Waals surface area contributed by atoms with E-state index >= 15 is 0 Å². The van der Waals surface area contributed by atoms with Gasteiger partial charge in [-0.2, -0.15) is 0 Å². The Hall–Kier alpha value is -1.69. The smallest absolute Gasteiger partial charge is 0.275 e. The Kier molecular flexibility index (Phi) is 3.82. The van der Waals surface area contributed by atoms with Crippen molar-refractivity contribution in [2.24, 2.45) is 5.84 Å². The summed E-state index contributed by atoms with van der Waals surface area (Å²) in [5, 5.41) is 0. The highest BCUT2D eigenvalue weighted by Crippen LogP contribution is 2.23. The molecule has 2 aromatic rings. The lowest BCUT2D eigenvalue weighted by Crippen LogP contribution is -2.29. The maximum atomic E-state index is 11.4. The molecule has 0 fully saturated rings. The number of nitrogen functional groups attached to an aromatic ring is 1. The van der Waals surface area contributed by atoms with E-state index in [9.17, 15) is 4.79 Å². The van der Waals surface area contributed by atoms with E-state index in [2.05, 4.69) is 34.6 Å². The maximum Gasteiger partial charge on any atom is 0.275 e. The first-order chi connectivity index (χ1) is 9.76. The number of hydrogen-bond acceptors (Lipinski definition) is 4. The fraction of sp³-hybridized carbons (Fsp3) is 0.267. The Morgan fingerprint density at radius 1 is 1.25 bits per heavy atom. The molecule has 0 saturated carbocycles. The van der Waals surface area contributed by atoms with Crippen LogP contribution in [0.15, 0.2) is 36.4 Å². The first-order valence-corrected chi connectivity index (χ1v) is 7.46. The number of rotatable bonds is 3. The van der Waals surface area contributed by atoms with Gasteiger partial charge in [0.25, 0.3) is 5.91 Å². The molecule has 1 amide bonds. The fourth-order valence-corrected chi connectivity index (χ4v) is 3.52. The predicted molar refractivity (Wildman–Crippen MR) is 80.2 cm³/mol. The van der Waals surface area contributed by atoms with E-state index in [1.165, 1.54) is 27.3 Å². The molecule has 0 aliphatic carbocycles. The van der Waals surface area contributed by atoms with Crippen LogP contribution in [0, 0.1) is 0 Å². The van der Waals surface area contributed by atoms with Crippen molar-refractivity contribution in [2.75, 3.05) is 6.54 Å². The topological polar surface area (TPSA) is 58.4 Å². The van der Waals surface area contributed by atoms with Crippen LogP contribution in [0.25, 0.3) is 0 Å². The average molecular weight is 287 g/mol. The Bertz CT molecular complexity index is 623. The second-order valence-corrected chi connectivity index (χ2v) is 6.14. The van der Waals surface area contributed by atoms with E-state index in [0.717, 1.165) is 26.1 Å². The first-order valence-electron chi connectivity index (χ1n) is 6.65. The molecule has 104 valence electrons. The van der Waals surface area contributed by atoms with Crippen LogP contribution in [0.3, 0.4) is 0 Å². The molecule has 1 aromatic carbocycles. The molecule has 4 nitrogen and oxygen atoms in total. The number of nitrogens with one attached hydrogen (secondary N) is 1. The molecular formula is C15H17N3OS. The monoisotopic (exact) mass is 287 g/mol. The van der Waals surface area contributed by atoms with Gasteiger partial charge in [0.15, 0.2) is 0 Å². The number of carbonyl (C=O) groups is 1.